The molecule has 1 aliphatic heterocycles. The minimum absolute atomic E-state index is 0.0533. The van der Waals surface area contributed by atoms with Gasteiger partial charge >= 0.3 is 0 Å². The monoisotopic (exact) mass is 182 g/mol. The number of carbonyl (C=O) groups excluding carboxylic acids is 1. The second kappa shape index (κ2) is 2.81. The van der Waals surface area contributed by atoms with Crippen molar-refractivity contribution < 1.29 is 9.32 Å². The Morgan fingerprint density at radius 1 is 1.77 bits per heavy atom. The molecule has 1 fully saturated rings. The minimum atomic E-state index is -0.340. The second-order valence-electron chi connectivity index (χ2n) is 3.05. The van der Waals surface area contributed by atoms with Crippen LogP contribution in [0.2, 0.25) is 0 Å². The van der Waals surface area contributed by atoms with E-state index in [1.165, 1.54) is 0 Å². The number of aromatic nitrogens is 2. The molecule has 13 heavy (non-hydrogen) atoms. The van der Waals surface area contributed by atoms with E-state index in [0.717, 1.165) is 0 Å². The number of carbonyl (C=O) groups is 1. The number of nitrogens with two attached hydrogens (primary N) is 1. The first-order chi connectivity index (χ1) is 6.16. The van der Waals surface area contributed by atoms with Crippen molar-refractivity contribution in [1.82, 2.24) is 15.0 Å². The van der Waals surface area contributed by atoms with Crippen LogP contribution in [-0.2, 0) is 11.3 Å². The Bertz CT molecular complexity index is 335. The van der Waals surface area contributed by atoms with E-state index in [1.54, 1.807) is 11.8 Å². The van der Waals surface area contributed by atoms with Gasteiger partial charge in [0.2, 0.25) is 11.8 Å². The van der Waals surface area contributed by atoms with Crippen LogP contribution in [0.4, 0.5) is 0 Å². The SMILES string of the molecule is Cc1nc(CN2CC(N)C2=O)no1. The first-order valence-corrected chi connectivity index (χ1v) is 4.00. The molecule has 1 atom stereocenters. The summed E-state index contributed by atoms with van der Waals surface area (Å²) in [5.41, 5.74) is 5.42. The smallest absolute Gasteiger partial charge is 0.241 e. The van der Waals surface area contributed by atoms with Gasteiger partial charge < -0.3 is 15.2 Å². The molecule has 0 spiro atoms. The van der Waals surface area contributed by atoms with E-state index in [4.69, 9.17) is 10.3 Å². The van der Waals surface area contributed by atoms with Gasteiger partial charge in [0, 0.05) is 13.5 Å². The summed E-state index contributed by atoms with van der Waals surface area (Å²) in [5, 5.41) is 3.68. The predicted octanol–water partition coefficient (Wildman–Crippen LogP) is -0.952. The molecular weight excluding hydrogens is 172 g/mol. The van der Waals surface area contributed by atoms with Crippen molar-refractivity contribution in [2.45, 2.75) is 19.5 Å². The normalized spacial score (nSPS) is 21.8. The van der Waals surface area contributed by atoms with Crippen molar-refractivity contribution >= 4 is 5.91 Å². The Balaban J connectivity index is 1.96. The molecule has 0 aliphatic carbocycles. The number of rotatable bonds is 2. The van der Waals surface area contributed by atoms with Gasteiger partial charge in [-0.1, -0.05) is 5.16 Å². The molecule has 2 N–H and O–H groups in total. The van der Waals surface area contributed by atoms with Crippen molar-refractivity contribution in [3.63, 3.8) is 0 Å². The standard InChI is InChI=1S/C7H10N4O2/c1-4-9-6(10-13-4)3-11-2-5(8)7(11)12/h5H,2-3,8H2,1H3. The van der Waals surface area contributed by atoms with Crippen molar-refractivity contribution in [3.8, 4) is 0 Å². The third kappa shape index (κ3) is 1.40. The Hall–Kier alpha value is -1.43. The lowest BCUT2D eigenvalue weighted by Gasteiger charge is -2.34. The molecule has 6 nitrogen and oxygen atoms in total. The summed E-state index contributed by atoms with van der Waals surface area (Å²) in [5.74, 6) is 0.979. The fourth-order valence-electron chi connectivity index (χ4n) is 1.25. The Morgan fingerprint density at radius 2 is 2.54 bits per heavy atom. The zero-order chi connectivity index (χ0) is 9.42. The zero-order valence-electron chi connectivity index (χ0n) is 7.23. The van der Waals surface area contributed by atoms with Crippen LogP contribution in [-0.4, -0.2) is 33.5 Å². The number of amides is 1. The highest BCUT2D eigenvalue weighted by Gasteiger charge is 2.33. The van der Waals surface area contributed by atoms with E-state index in [-0.39, 0.29) is 11.9 Å². The molecule has 0 radical (unpaired) electrons. The molecule has 70 valence electrons. The number of likely N-dealkylation sites (tertiary alicyclic amines) is 1. The van der Waals surface area contributed by atoms with Gasteiger partial charge in [-0.05, 0) is 0 Å². The van der Waals surface area contributed by atoms with Crippen molar-refractivity contribution in [3.05, 3.63) is 11.7 Å². The molecule has 2 rings (SSSR count). The van der Waals surface area contributed by atoms with Gasteiger partial charge in [0.05, 0.1) is 6.54 Å². The van der Waals surface area contributed by atoms with Crippen molar-refractivity contribution in [1.29, 1.82) is 0 Å². The average molecular weight is 182 g/mol. The van der Waals surface area contributed by atoms with Crippen LogP contribution in [0, 0.1) is 6.92 Å². The highest BCUT2D eigenvalue weighted by Crippen LogP contribution is 2.11. The molecule has 1 aromatic rings. The minimum Gasteiger partial charge on any atom is -0.340 e. The van der Waals surface area contributed by atoms with Gasteiger partial charge in [0.15, 0.2) is 5.82 Å². The second-order valence-corrected chi connectivity index (χ2v) is 3.05. The third-order valence-corrected chi connectivity index (χ3v) is 1.95. The van der Waals surface area contributed by atoms with Crippen LogP contribution in [0.3, 0.4) is 0 Å². The Morgan fingerprint density at radius 3 is 3.00 bits per heavy atom. The van der Waals surface area contributed by atoms with E-state index in [1.807, 2.05) is 0 Å². The lowest BCUT2D eigenvalue weighted by molar-refractivity contribution is -0.143. The highest BCUT2D eigenvalue weighted by molar-refractivity contribution is 5.87. The number of nitrogens with zero attached hydrogens (tertiary/aromatic N) is 3. The van der Waals surface area contributed by atoms with Gasteiger partial charge in [-0.15, -0.1) is 0 Å². The van der Waals surface area contributed by atoms with E-state index >= 15 is 0 Å². The molecule has 1 aliphatic rings. The molecule has 1 unspecified atom stereocenters. The summed E-state index contributed by atoms with van der Waals surface area (Å²) in [6, 6.07) is -0.340. The number of hydrogen-bond acceptors (Lipinski definition) is 5. The fraction of sp³-hybridized carbons (Fsp3) is 0.571. The van der Waals surface area contributed by atoms with Crippen LogP contribution in [0.5, 0.6) is 0 Å². The molecule has 2 heterocycles. The summed E-state index contributed by atoms with van der Waals surface area (Å²) in [4.78, 5) is 16.7. The van der Waals surface area contributed by atoms with Gasteiger partial charge in [-0.2, -0.15) is 4.98 Å². The molecule has 0 saturated carbocycles. The van der Waals surface area contributed by atoms with Crippen molar-refractivity contribution in [2.24, 2.45) is 5.73 Å². The first kappa shape index (κ1) is 8.18. The molecule has 0 aromatic carbocycles. The molecule has 1 amide bonds. The van der Waals surface area contributed by atoms with Crippen molar-refractivity contribution in [2.75, 3.05) is 6.54 Å². The van der Waals surface area contributed by atoms with Crippen LogP contribution in [0.15, 0.2) is 4.52 Å². The number of aryl methyl sites for hydroxylation is 1. The Kier molecular flexibility index (Phi) is 1.77. The number of hydrogen-bond donors (Lipinski definition) is 1. The summed E-state index contributed by atoms with van der Waals surface area (Å²) < 4.78 is 4.77. The summed E-state index contributed by atoms with van der Waals surface area (Å²) in [6.45, 7) is 2.68. The van der Waals surface area contributed by atoms with Gasteiger partial charge in [-0.25, -0.2) is 0 Å². The summed E-state index contributed by atoms with van der Waals surface area (Å²) in [7, 11) is 0. The molecule has 6 heteroatoms. The summed E-state index contributed by atoms with van der Waals surface area (Å²) in [6.07, 6.45) is 0. The quantitative estimate of drug-likeness (QED) is 0.596. The van der Waals surface area contributed by atoms with E-state index in [0.29, 0.717) is 24.8 Å². The predicted molar refractivity (Wildman–Crippen MR) is 42.4 cm³/mol. The average Bonchev–Trinajstić information content (AvgIpc) is 2.50. The van der Waals surface area contributed by atoms with Crippen LogP contribution >= 0.6 is 0 Å². The van der Waals surface area contributed by atoms with Crippen LogP contribution in [0.1, 0.15) is 11.7 Å². The lowest BCUT2D eigenvalue weighted by Crippen LogP contribution is -2.60. The maximum absolute atomic E-state index is 11.1. The third-order valence-electron chi connectivity index (χ3n) is 1.95. The molecule has 0 bridgehead atoms. The maximum Gasteiger partial charge on any atom is 0.241 e. The zero-order valence-corrected chi connectivity index (χ0v) is 7.23. The molecule has 1 saturated heterocycles. The maximum atomic E-state index is 11.1. The lowest BCUT2D eigenvalue weighted by atomic mass is 10.1. The largest absolute Gasteiger partial charge is 0.340 e. The van der Waals surface area contributed by atoms with Crippen LogP contribution in [0.25, 0.3) is 0 Å². The Labute approximate surface area is 74.7 Å². The van der Waals surface area contributed by atoms with Crippen LogP contribution < -0.4 is 5.73 Å². The molecular formula is C7H10N4O2. The highest BCUT2D eigenvalue weighted by atomic mass is 16.5. The van der Waals surface area contributed by atoms with E-state index in [9.17, 15) is 4.79 Å². The summed E-state index contributed by atoms with van der Waals surface area (Å²) >= 11 is 0. The molecule has 1 aromatic heterocycles. The van der Waals surface area contributed by atoms with Gasteiger partial charge in [0.1, 0.15) is 6.04 Å². The van der Waals surface area contributed by atoms with Gasteiger partial charge in [0.25, 0.3) is 0 Å². The van der Waals surface area contributed by atoms with E-state index < -0.39 is 0 Å². The first-order valence-electron chi connectivity index (χ1n) is 4.00. The topological polar surface area (TPSA) is 85.3 Å². The fourth-order valence-corrected chi connectivity index (χ4v) is 1.25. The van der Waals surface area contributed by atoms with E-state index in [2.05, 4.69) is 10.1 Å². The van der Waals surface area contributed by atoms with Gasteiger partial charge in [-0.3, -0.25) is 4.79 Å². The number of β-lactam (4-membered cyclic amide) rings is 1.